The Morgan fingerprint density at radius 1 is 1.47 bits per heavy atom. The van der Waals surface area contributed by atoms with Crippen LogP contribution in [0.3, 0.4) is 0 Å². The summed E-state index contributed by atoms with van der Waals surface area (Å²) >= 11 is 0. The first kappa shape index (κ1) is 12.6. The van der Waals surface area contributed by atoms with E-state index in [-0.39, 0.29) is 0 Å². The fraction of sp³-hybridized carbons (Fsp3) is 0.769. The molecule has 1 saturated carbocycles. The van der Waals surface area contributed by atoms with Gasteiger partial charge in [0, 0.05) is 44.5 Å². The van der Waals surface area contributed by atoms with Gasteiger partial charge in [0.25, 0.3) is 0 Å². The molecular weight excluding hydrogens is 212 g/mol. The topological polar surface area (TPSA) is 33.1 Å². The molecule has 17 heavy (non-hydrogen) atoms. The van der Waals surface area contributed by atoms with Crippen LogP contribution in [0, 0.1) is 0 Å². The van der Waals surface area contributed by atoms with Crippen molar-refractivity contribution >= 4 is 0 Å². The number of likely N-dealkylation sites (N-methyl/N-ethyl adjacent to an activating group) is 1. The predicted molar refractivity (Wildman–Crippen MR) is 69.8 cm³/mol. The van der Waals surface area contributed by atoms with Crippen LogP contribution in [0.5, 0.6) is 0 Å². The molecule has 0 aromatic carbocycles. The molecule has 4 heteroatoms. The van der Waals surface area contributed by atoms with Crippen LogP contribution in [-0.4, -0.2) is 40.9 Å². The minimum absolute atomic E-state index is 0.779. The van der Waals surface area contributed by atoms with Crippen molar-refractivity contribution in [2.24, 2.45) is 7.05 Å². The zero-order valence-electron chi connectivity index (χ0n) is 11.0. The van der Waals surface area contributed by atoms with Gasteiger partial charge in [0.05, 0.1) is 6.20 Å². The predicted octanol–water partition coefficient (Wildman–Crippen LogP) is 1.38. The first-order chi connectivity index (χ1) is 8.24. The normalized spacial score (nSPS) is 17.1. The molecular formula is C13H24N4. The number of aromatic nitrogens is 2. The largest absolute Gasteiger partial charge is 0.313 e. The van der Waals surface area contributed by atoms with Crippen molar-refractivity contribution < 1.29 is 0 Å². The number of aryl methyl sites for hydroxylation is 1. The van der Waals surface area contributed by atoms with E-state index in [1.807, 2.05) is 17.9 Å². The quantitative estimate of drug-likeness (QED) is 0.810. The molecule has 1 heterocycles. The Kier molecular flexibility index (Phi) is 4.57. The van der Waals surface area contributed by atoms with Gasteiger partial charge in [-0.25, -0.2) is 0 Å². The van der Waals surface area contributed by atoms with E-state index in [1.54, 1.807) is 0 Å². The number of hydrogen-bond acceptors (Lipinski definition) is 3. The van der Waals surface area contributed by atoms with Crippen molar-refractivity contribution in [2.45, 2.75) is 38.3 Å². The molecule has 96 valence electrons. The summed E-state index contributed by atoms with van der Waals surface area (Å²) in [4.78, 5) is 2.35. The van der Waals surface area contributed by atoms with E-state index in [4.69, 9.17) is 0 Å². The number of nitrogens with one attached hydrogen (secondary N) is 1. The van der Waals surface area contributed by atoms with Crippen molar-refractivity contribution in [3.8, 4) is 0 Å². The van der Waals surface area contributed by atoms with Gasteiger partial charge in [-0.15, -0.1) is 0 Å². The van der Waals surface area contributed by atoms with E-state index in [1.165, 1.54) is 31.2 Å². The summed E-state index contributed by atoms with van der Waals surface area (Å²) < 4.78 is 1.86. The van der Waals surface area contributed by atoms with Crippen LogP contribution in [0.15, 0.2) is 12.4 Å². The average Bonchev–Trinajstić information content (AvgIpc) is 2.90. The van der Waals surface area contributed by atoms with Gasteiger partial charge in [-0.2, -0.15) is 5.10 Å². The lowest BCUT2D eigenvalue weighted by Crippen LogP contribution is -2.34. The molecule has 1 N–H and O–H groups in total. The molecule has 0 amide bonds. The maximum absolute atomic E-state index is 4.19. The minimum Gasteiger partial charge on any atom is -0.313 e. The second-order valence-corrected chi connectivity index (χ2v) is 5.20. The molecule has 1 aliphatic carbocycles. The summed E-state index contributed by atoms with van der Waals surface area (Å²) in [6.45, 7) is 3.19. The third kappa shape index (κ3) is 4.13. The van der Waals surface area contributed by atoms with E-state index >= 15 is 0 Å². The molecule has 0 spiro atoms. The summed E-state index contributed by atoms with van der Waals surface area (Å²) in [5.41, 5.74) is 1.29. The van der Waals surface area contributed by atoms with Gasteiger partial charge in [-0.05, 0) is 19.9 Å². The van der Waals surface area contributed by atoms with E-state index in [2.05, 4.69) is 28.6 Å². The standard InChI is InChI=1S/C13H24N4/c1-16(10-12-9-15-17(2)11-12)8-7-14-13-5-3-4-6-13/h9,11,13-14H,3-8,10H2,1-2H3. The average molecular weight is 236 g/mol. The maximum Gasteiger partial charge on any atom is 0.0534 e. The zero-order valence-corrected chi connectivity index (χ0v) is 11.0. The van der Waals surface area contributed by atoms with Crippen LogP contribution in [0.4, 0.5) is 0 Å². The fourth-order valence-corrected chi connectivity index (χ4v) is 2.53. The summed E-state index contributed by atoms with van der Waals surface area (Å²) in [6.07, 6.45) is 9.58. The van der Waals surface area contributed by atoms with Gasteiger partial charge in [-0.3, -0.25) is 4.68 Å². The molecule has 0 bridgehead atoms. The Labute approximate surface area is 104 Å². The molecule has 1 aromatic heterocycles. The minimum atomic E-state index is 0.779. The molecule has 4 nitrogen and oxygen atoms in total. The Morgan fingerprint density at radius 2 is 2.24 bits per heavy atom. The molecule has 0 radical (unpaired) electrons. The highest BCUT2D eigenvalue weighted by atomic mass is 15.2. The second kappa shape index (κ2) is 6.17. The Bertz CT molecular complexity index is 328. The van der Waals surface area contributed by atoms with Crippen molar-refractivity contribution in [2.75, 3.05) is 20.1 Å². The van der Waals surface area contributed by atoms with Gasteiger partial charge >= 0.3 is 0 Å². The first-order valence-corrected chi connectivity index (χ1v) is 6.63. The van der Waals surface area contributed by atoms with Crippen LogP contribution in [0.2, 0.25) is 0 Å². The van der Waals surface area contributed by atoms with Crippen LogP contribution in [0.25, 0.3) is 0 Å². The van der Waals surface area contributed by atoms with Crippen LogP contribution in [-0.2, 0) is 13.6 Å². The second-order valence-electron chi connectivity index (χ2n) is 5.20. The number of hydrogen-bond donors (Lipinski definition) is 1. The number of nitrogens with zero attached hydrogens (tertiary/aromatic N) is 3. The van der Waals surface area contributed by atoms with E-state index in [0.29, 0.717) is 0 Å². The van der Waals surface area contributed by atoms with Gasteiger partial charge in [-0.1, -0.05) is 12.8 Å². The summed E-state index contributed by atoms with van der Waals surface area (Å²) in [5.74, 6) is 0. The van der Waals surface area contributed by atoms with E-state index in [9.17, 15) is 0 Å². The highest BCUT2D eigenvalue weighted by Gasteiger charge is 2.13. The lowest BCUT2D eigenvalue weighted by atomic mass is 10.2. The Hall–Kier alpha value is -0.870. The van der Waals surface area contributed by atoms with Crippen molar-refractivity contribution in [1.82, 2.24) is 20.0 Å². The van der Waals surface area contributed by atoms with Gasteiger partial charge in [0.15, 0.2) is 0 Å². The summed E-state index contributed by atoms with van der Waals surface area (Å²) in [5, 5.41) is 7.83. The van der Waals surface area contributed by atoms with Gasteiger partial charge in [0.2, 0.25) is 0 Å². The molecule has 0 aliphatic heterocycles. The van der Waals surface area contributed by atoms with E-state index < -0.39 is 0 Å². The fourth-order valence-electron chi connectivity index (χ4n) is 2.53. The molecule has 1 aliphatic rings. The molecule has 1 aromatic rings. The summed E-state index contributed by atoms with van der Waals surface area (Å²) in [7, 11) is 4.13. The SMILES string of the molecule is CN(CCNC1CCCC1)Cc1cnn(C)c1. The van der Waals surface area contributed by atoms with Crippen LogP contribution in [0.1, 0.15) is 31.2 Å². The molecule has 0 saturated heterocycles. The molecule has 0 atom stereocenters. The lowest BCUT2D eigenvalue weighted by molar-refractivity contribution is 0.316. The Morgan fingerprint density at radius 3 is 2.88 bits per heavy atom. The van der Waals surface area contributed by atoms with Crippen molar-refractivity contribution in [3.63, 3.8) is 0 Å². The van der Waals surface area contributed by atoms with Crippen LogP contribution < -0.4 is 5.32 Å². The molecule has 2 rings (SSSR count). The van der Waals surface area contributed by atoms with Crippen molar-refractivity contribution in [3.05, 3.63) is 18.0 Å². The first-order valence-electron chi connectivity index (χ1n) is 6.63. The van der Waals surface area contributed by atoms with Gasteiger partial charge in [0.1, 0.15) is 0 Å². The monoisotopic (exact) mass is 236 g/mol. The molecule has 0 unspecified atom stereocenters. The van der Waals surface area contributed by atoms with Crippen LogP contribution >= 0.6 is 0 Å². The summed E-state index contributed by atoms with van der Waals surface area (Å²) in [6, 6.07) is 0.779. The Balaban J connectivity index is 1.61. The third-order valence-electron chi connectivity index (χ3n) is 3.49. The smallest absolute Gasteiger partial charge is 0.0534 e. The van der Waals surface area contributed by atoms with Gasteiger partial charge < -0.3 is 10.2 Å². The number of rotatable bonds is 6. The maximum atomic E-state index is 4.19. The zero-order chi connectivity index (χ0) is 12.1. The highest BCUT2D eigenvalue weighted by Crippen LogP contribution is 2.17. The van der Waals surface area contributed by atoms with Crippen molar-refractivity contribution in [1.29, 1.82) is 0 Å². The van der Waals surface area contributed by atoms with E-state index in [0.717, 1.165) is 25.7 Å². The third-order valence-corrected chi connectivity index (χ3v) is 3.49. The lowest BCUT2D eigenvalue weighted by Gasteiger charge is -2.18. The highest BCUT2D eigenvalue weighted by molar-refractivity contribution is 5.02. The molecule has 1 fully saturated rings.